The van der Waals surface area contributed by atoms with Gasteiger partial charge in [-0.2, -0.15) is 13.2 Å². The predicted molar refractivity (Wildman–Crippen MR) is 159 cm³/mol. The van der Waals surface area contributed by atoms with Crippen LogP contribution in [-0.2, 0) is 17.5 Å². The zero-order valence-corrected chi connectivity index (χ0v) is 23.6. The third-order valence-electron chi connectivity index (χ3n) is 6.64. The second-order valence-electron chi connectivity index (χ2n) is 10.1. The summed E-state index contributed by atoms with van der Waals surface area (Å²) in [7, 11) is 1.72. The molecule has 0 aliphatic rings. The average Bonchev–Trinajstić information content (AvgIpc) is 2.96. The first-order valence-electron chi connectivity index (χ1n) is 13.4. The van der Waals surface area contributed by atoms with Gasteiger partial charge in [0.15, 0.2) is 0 Å². The number of amides is 2. The lowest BCUT2D eigenvalue weighted by molar-refractivity contribution is -0.137. The lowest BCUT2D eigenvalue weighted by Gasteiger charge is -2.17. The van der Waals surface area contributed by atoms with E-state index in [0.717, 1.165) is 28.8 Å². The van der Waals surface area contributed by atoms with Crippen LogP contribution in [0.5, 0.6) is 0 Å². The molecule has 5 nitrogen and oxygen atoms in total. The molecule has 0 aliphatic carbocycles. The number of allylic oxidation sites excluding steroid dienone is 1. The van der Waals surface area contributed by atoms with Crippen molar-refractivity contribution in [1.82, 2.24) is 15.5 Å². The normalized spacial score (nSPS) is 11.6. The van der Waals surface area contributed by atoms with E-state index in [0.29, 0.717) is 28.9 Å². The lowest BCUT2D eigenvalue weighted by Crippen LogP contribution is -2.33. The van der Waals surface area contributed by atoms with Crippen molar-refractivity contribution in [2.45, 2.75) is 26.6 Å². The van der Waals surface area contributed by atoms with Crippen molar-refractivity contribution in [2.75, 3.05) is 13.6 Å². The summed E-state index contributed by atoms with van der Waals surface area (Å²) in [5, 5.41) is 5.70. The standard InChI is InChI=1S/C34H32F3N3O2/c1-23-8-12-26(13-9-23)27-14-10-25(11-15-27)20-38-32(41)22-40(3)21-24(2)39-33(42)31-7-5-4-6-30(31)28-16-18-29(19-17-28)34(35,36)37/h4-19,21H,20,22H2,1-3H3,(H,38,41)(H,39,42)/b24-21+. The maximum atomic E-state index is 13.0. The van der Waals surface area contributed by atoms with Crippen LogP contribution in [0.3, 0.4) is 0 Å². The summed E-state index contributed by atoms with van der Waals surface area (Å²) in [6.07, 6.45) is -2.79. The van der Waals surface area contributed by atoms with Crippen molar-refractivity contribution >= 4 is 11.8 Å². The Hall–Kier alpha value is -4.85. The molecule has 0 saturated carbocycles. The van der Waals surface area contributed by atoms with Crippen LogP contribution in [-0.4, -0.2) is 30.3 Å². The van der Waals surface area contributed by atoms with Gasteiger partial charge in [-0.15, -0.1) is 0 Å². The summed E-state index contributed by atoms with van der Waals surface area (Å²) in [4.78, 5) is 27.2. The first-order chi connectivity index (χ1) is 20.0. The van der Waals surface area contributed by atoms with Gasteiger partial charge in [-0.25, -0.2) is 0 Å². The molecule has 4 aromatic rings. The van der Waals surface area contributed by atoms with E-state index >= 15 is 0 Å². The van der Waals surface area contributed by atoms with Gasteiger partial charge in [0, 0.05) is 31.1 Å². The topological polar surface area (TPSA) is 61.4 Å². The van der Waals surface area contributed by atoms with Crippen molar-refractivity contribution in [3.05, 3.63) is 131 Å². The van der Waals surface area contributed by atoms with Gasteiger partial charge >= 0.3 is 6.18 Å². The van der Waals surface area contributed by atoms with Gasteiger partial charge in [0.05, 0.1) is 12.1 Å². The van der Waals surface area contributed by atoms with E-state index < -0.39 is 17.6 Å². The fraction of sp³-hybridized carbons (Fsp3) is 0.176. The highest BCUT2D eigenvalue weighted by Gasteiger charge is 2.30. The number of carbonyl (C=O) groups excluding carboxylic acids is 2. The molecule has 0 aromatic heterocycles. The third-order valence-corrected chi connectivity index (χ3v) is 6.64. The van der Waals surface area contributed by atoms with E-state index in [-0.39, 0.29) is 12.5 Å². The summed E-state index contributed by atoms with van der Waals surface area (Å²) in [6.45, 7) is 4.22. The molecule has 0 aliphatic heterocycles. The molecule has 0 saturated heterocycles. The van der Waals surface area contributed by atoms with Gasteiger partial charge in [-0.3, -0.25) is 9.59 Å². The number of nitrogens with one attached hydrogen (secondary N) is 2. The van der Waals surface area contributed by atoms with Crippen LogP contribution in [0, 0.1) is 6.92 Å². The average molecular weight is 572 g/mol. The minimum Gasteiger partial charge on any atom is -0.370 e. The number of benzene rings is 4. The minimum absolute atomic E-state index is 0.0802. The summed E-state index contributed by atoms with van der Waals surface area (Å²) >= 11 is 0. The molecule has 8 heteroatoms. The van der Waals surface area contributed by atoms with E-state index in [1.807, 2.05) is 24.3 Å². The fourth-order valence-electron chi connectivity index (χ4n) is 4.47. The largest absolute Gasteiger partial charge is 0.416 e. The van der Waals surface area contributed by atoms with E-state index in [1.54, 1.807) is 49.3 Å². The molecule has 2 amide bonds. The minimum atomic E-state index is -4.44. The zero-order chi connectivity index (χ0) is 30.3. The first kappa shape index (κ1) is 30.1. The number of rotatable bonds is 9. The van der Waals surface area contributed by atoms with Gasteiger partial charge in [-0.1, -0.05) is 84.4 Å². The van der Waals surface area contributed by atoms with Crippen LogP contribution < -0.4 is 10.6 Å². The monoisotopic (exact) mass is 571 g/mol. The number of likely N-dealkylation sites (N-methyl/N-ethyl adjacent to an activating group) is 1. The molecule has 0 spiro atoms. The van der Waals surface area contributed by atoms with E-state index in [2.05, 4.69) is 41.8 Å². The molecular formula is C34H32F3N3O2. The highest BCUT2D eigenvalue weighted by molar-refractivity contribution is 6.01. The Bertz CT molecular complexity index is 1560. The zero-order valence-electron chi connectivity index (χ0n) is 23.6. The first-order valence-corrected chi connectivity index (χ1v) is 13.4. The molecule has 4 rings (SSSR count). The molecule has 4 aromatic carbocycles. The van der Waals surface area contributed by atoms with Gasteiger partial charge in [-0.05, 0) is 59.9 Å². The van der Waals surface area contributed by atoms with Gasteiger partial charge in [0.2, 0.25) is 5.91 Å². The number of alkyl halides is 3. The highest BCUT2D eigenvalue weighted by Crippen LogP contribution is 2.32. The summed E-state index contributed by atoms with van der Waals surface area (Å²) < 4.78 is 38.9. The molecule has 0 unspecified atom stereocenters. The second kappa shape index (κ2) is 13.2. The number of carbonyl (C=O) groups is 2. The molecule has 0 heterocycles. The van der Waals surface area contributed by atoms with Gasteiger partial charge in [0.1, 0.15) is 0 Å². The van der Waals surface area contributed by atoms with Crippen molar-refractivity contribution < 1.29 is 22.8 Å². The third kappa shape index (κ3) is 8.10. The van der Waals surface area contributed by atoms with Crippen LogP contribution in [0.25, 0.3) is 22.3 Å². The van der Waals surface area contributed by atoms with E-state index in [1.165, 1.54) is 17.7 Å². The van der Waals surface area contributed by atoms with Crippen LogP contribution >= 0.6 is 0 Å². The smallest absolute Gasteiger partial charge is 0.370 e. The summed E-state index contributed by atoms with van der Waals surface area (Å²) in [6, 6.07) is 27.7. The second-order valence-corrected chi connectivity index (χ2v) is 10.1. The van der Waals surface area contributed by atoms with Crippen molar-refractivity contribution in [1.29, 1.82) is 0 Å². The maximum Gasteiger partial charge on any atom is 0.416 e. The van der Waals surface area contributed by atoms with Crippen LogP contribution in [0.2, 0.25) is 0 Å². The quantitative estimate of drug-likeness (QED) is 0.224. The van der Waals surface area contributed by atoms with E-state index in [4.69, 9.17) is 0 Å². The number of hydrogen-bond acceptors (Lipinski definition) is 3. The van der Waals surface area contributed by atoms with Crippen LogP contribution in [0.15, 0.2) is 109 Å². The highest BCUT2D eigenvalue weighted by atomic mass is 19.4. The Morgan fingerprint density at radius 2 is 1.38 bits per heavy atom. The Labute approximate surface area is 243 Å². The predicted octanol–water partition coefficient (Wildman–Crippen LogP) is 7.19. The molecule has 0 radical (unpaired) electrons. The Morgan fingerprint density at radius 3 is 2.00 bits per heavy atom. The van der Waals surface area contributed by atoms with Crippen molar-refractivity contribution in [2.24, 2.45) is 0 Å². The molecular weight excluding hydrogens is 539 g/mol. The lowest BCUT2D eigenvalue weighted by atomic mass is 9.98. The number of nitrogens with zero attached hydrogens (tertiary/aromatic N) is 1. The SMILES string of the molecule is C/C(=C\N(C)CC(=O)NCc1ccc(-c2ccc(C)cc2)cc1)NC(=O)c1ccccc1-c1ccc(C(F)(F)F)cc1. The fourth-order valence-corrected chi connectivity index (χ4v) is 4.47. The van der Waals surface area contributed by atoms with E-state index in [9.17, 15) is 22.8 Å². The molecule has 0 fully saturated rings. The molecule has 42 heavy (non-hydrogen) atoms. The Balaban J connectivity index is 1.31. The number of aryl methyl sites for hydroxylation is 1. The number of hydrogen-bond donors (Lipinski definition) is 2. The Morgan fingerprint density at radius 1 is 0.810 bits per heavy atom. The van der Waals surface area contributed by atoms with Gasteiger partial charge < -0.3 is 15.5 Å². The molecule has 0 atom stereocenters. The molecule has 2 N–H and O–H groups in total. The number of halogens is 3. The van der Waals surface area contributed by atoms with Crippen LogP contribution in [0.4, 0.5) is 13.2 Å². The van der Waals surface area contributed by atoms with Gasteiger partial charge in [0.25, 0.3) is 5.91 Å². The van der Waals surface area contributed by atoms with Crippen molar-refractivity contribution in [3.8, 4) is 22.3 Å². The molecule has 0 bridgehead atoms. The maximum absolute atomic E-state index is 13.0. The summed E-state index contributed by atoms with van der Waals surface area (Å²) in [5.74, 6) is -0.589. The van der Waals surface area contributed by atoms with Crippen LogP contribution in [0.1, 0.15) is 34.0 Å². The van der Waals surface area contributed by atoms with Crippen molar-refractivity contribution in [3.63, 3.8) is 0 Å². The Kier molecular flexibility index (Phi) is 9.47. The molecule has 216 valence electrons. The summed E-state index contributed by atoms with van der Waals surface area (Å²) in [5.41, 5.74) is 5.50.